The van der Waals surface area contributed by atoms with Crippen molar-refractivity contribution in [3.05, 3.63) is 0 Å². The number of hydrazine groups is 1. The van der Waals surface area contributed by atoms with Gasteiger partial charge in [0.25, 0.3) is 0 Å². The summed E-state index contributed by atoms with van der Waals surface area (Å²) >= 11 is 0. The molecule has 1 rings (SSSR count). The van der Waals surface area contributed by atoms with Crippen LogP contribution in [0.15, 0.2) is 10.3 Å². The molecule has 1 aliphatic heterocycles. The first-order valence-corrected chi connectivity index (χ1v) is 4.20. The summed E-state index contributed by atoms with van der Waals surface area (Å²) in [5, 5.41) is 20.4. The van der Waals surface area contributed by atoms with E-state index in [2.05, 4.69) is 10.3 Å². The topological polar surface area (TPSA) is 51.4 Å². The van der Waals surface area contributed by atoms with Gasteiger partial charge in [-0.2, -0.15) is 5.01 Å². The molecule has 0 radical (unpaired) electrons. The summed E-state index contributed by atoms with van der Waals surface area (Å²) in [7, 11) is 0. The Hall–Kier alpha value is -0.680. The maximum Gasteiger partial charge on any atom is 0.244 e. The van der Waals surface area contributed by atoms with E-state index in [1.54, 1.807) is 10.1 Å². The van der Waals surface area contributed by atoms with E-state index in [1.807, 2.05) is 27.7 Å². The Labute approximate surface area is 72.6 Å². The Balaban J connectivity index is 2.69. The average Bonchev–Trinajstić information content (AvgIpc) is 2.30. The van der Waals surface area contributed by atoms with Gasteiger partial charge in [-0.15, -0.1) is 5.11 Å². The van der Waals surface area contributed by atoms with Crippen LogP contribution in [0, 0.1) is 0 Å². The van der Waals surface area contributed by atoms with Crippen molar-refractivity contribution < 1.29 is 5.11 Å². The zero-order chi connectivity index (χ0) is 9.30. The Kier molecular flexibility index (Phi) is 2.64. The summed E-state index contributed by atoms with van der Waals surface area (Å²) in [6.07, 6.45) is -0.813. The van der Waals surface area contributed by atoms with E-state index < -0.39 is 6.35 Å². The van der Waals surface area contributed by atoms with Crippen molar-refractivity contribution in [2.45, 2.75) is 46.1 Å². The van der Waals surface area contributed by atoms with Gasteiger partial charge >= 0.3 is 0 Å². The minimum Gasteiger partial charge on any atom is -0.357 e. The lowest BCUT2D eigenvalue weighted by Crippen LogP contribution is -2.48. The molecular weight excluding hydrogens is 156 g/mol. The normalized spacial score (nSPS) is 24.9. The van der Waals surface area contributed by atoms with Crippen molar-refractivity contribution in [1.29, 1.82) is 0 Å². The fourth-order valence-corrected chi connectivity index (χ4v) is 1.18. The van der Waals surface area contributed by atoms with E-state index >= 15 is 0 Å². The fraction of sp³-hybridized carbons (Fsp3) is 1.00. The number of hydrogen-bond acceptors (Lipinski definition) is 5. The first-order chi connectivity index (χ1) is 5.54. The van der Waals surface area contributed by atoms with Crippen LogP contribution in [0.2, 0.25) is 0 Å². The van der Waals surface area contributed by atoms with Crippen molar-refractivity contribution in [2.24, 2.45) is 10.3 Å². The van der Waals surface area contributed by atoms with E-state index in [-0.39, 0.29) is 12.1 Å². The summed E-state index contributed by atoms with van der Waals surface area (Å²) in [4.78, 5) is 0. The highest BCUT2D eigenvalue weighted by Crippen LogP contribution is 2.19. The zero-order valence-electron chi connectivity index (χ0n) is 7.97. The lowest BCUT2D eigenvalue weighted by Gasteiger charge is -2.32. The predicted octanol–water partition coefficient (Wildman–Crippen LogP) is 0.979. The quantitative estimate of drug-likeness (QED) is 0.675. The average molecular weight is 172 g/mol. The smallest absolute Gasteiger partial charge is 0.244 e. The molecule has 0 aromatic heterocycles. The molecule has 5 heteroatoms. The molecule has 70 valence electrons. The first kappa shape index (κ1) is 9.41. The SMILES string of the molecule is CC(C)N1N=NC(O)N1C(C)C. The van der Waals surface area contributed by atoms with Crippen molar-refractivity contribution in [3.8, 4) is 0 Å². The van der Waals surface area contributed by atoms with Crippen LogP contribution in [0.25, 0.3) is 0 Å². The van der Waals surface area contributed by atoms with Gasteiger partial charge < -0.3 is 5.11 Å². The van der Waals surface area contributed by atoms with Crippen LogP contribution in [0.5, 0.6) is 0 Å². The maximum absolute atomic E-state index is 9.40. The van der Waals surface area contributed by atoms with E-state index in [4.69, 9.17) is 0 Å². The highest BCUT2D eigenvalue weighted by Gasteiger charge is 2.31. The highest BCUT2D eigenvalue weighted by molar-refractivity contribution is 4.67. The minimum atomic E-state index is -0.813. The standard InChI is InChI=1S/C7H16N4O/c1-5(2)10-7(12)8-9-11(10)6(3)4/h5-7,12H,1-4H3. The number of nitrogens with zero attached hydrogens (tertiary/aromatic N) is 4. The Morgan fingerprint density at radius 1 is 1.17 bits per heavy atom. The van der Waals surface area contributed by atoms with Crippen LogP contribution < -0.4 is 0 Å². The van der Waals surface area contributed by atoms with Crippen LogP contribution in [-0.4, -0.2) is 33.7 Å². The van der Waals surface area contributed by atoms with E-state index in [9.17, 15) is 5.11 Å². The molecule has 0 amide bonds. The van der Waals surface area contributed by atoms with Crippen LogP contribution >= 0.6 is 0 Å². The lowest BCUT2D eigenvalue weighted by atomic mass is 10.3. The van der Waals surface area contributed by atoms with Gasteiger partial charge in [0.2, 0.25) is 6.35 Å². The number of aliphatic hydroxyl groups is 1. The molecule has 0 saturated heterocycles. The lowest BCUT2D eigenvalue weighted by molar-refractivity contribution is -0.134. The third kappa shape index (κ3) is 1.56. The molecule has 1 atom stereocenters. The molecule has 0 aromatic carbocycles. The van der Waals surface area contributed by atoms with Gasteiger partial charge in [0, 0.05) is 6.04 Å². The zero-order valence-corrected chi connectivity index (χ0v) is 7.97. The van der Waals surface area contributed by atoms with Gasteiger partial charge in [0.05, 0.1) is 6.04 Å². The molecule has 0 aliphatic carbocycles. The molecule has 0 spiro atoms. The number of hydrogen-bond donors (Lipinski definition) is 1. The van der Waals surface area contributed by atoms with Gasteiger partial charge in [-0.25, -0.2) is 5.12 Å². The van der Waals surface area contributed by atoms with Gasteiger partial charge in [-0.05, 0) is 27.7 Å². The summed E-state index contributed by atoms with van der Waals surface area (Å²) in [6, 6.07) is 0.436. The van der Waals surface area contributed by atoms with Crippen LogP contribution in [0.4, 0.5) is 0 Å². The summed E-state index contributed by atoms with van der Waals surface area (Å²) < 4.78 is 0. The van der Waals surface area contributed by atoms with Gasteiger partial charge in [-0.1, -0.05) is 5.22 Å². The largest absolute Gasteiger partial charge is 0.357 e. The first-order valence-electron chi connectivity index (χ1n) is 4.20. The van der Waals surface area contributed by atoms with Crippen molar-refractivity contribution in [2.75, 3.05) is 0 Å². The molecule has 1 heterocycles. The Morgan fingerprint density at radius 2 is 1.75 bits per heavy atom. The summed E-state index contributed by atoms with van der Waals surface area (Å²) in [5.74, 6) is 0. The van der Waals surface area contributed by atoms with Gasteiger partial charge in [0.1, 0.15) is 0 Å². The Morgan fingerprint density at radius 3 is 2.08 bits per heavy atom. The minimum absolute atomic E-state index is 0.206. The molecule has 0 bridgehead atoms. The third-order valence-electron chi connectivity index (χ3n) is 1.71. The maximum atomic E-state index is 9.40. The number of rotatable bonds is 2. The Bertz CT molecular complexity index is 180. The fourth-order valence-electron chi connectivity index (χ4n) is 1.18. The molecule has 1 unspecified atom stereocenters. The predicted molar refractivity (Wildman–Crippen MR) is 44.8 cm³/mol. The van der Waals surface area contributed by atoms with Crippen LogP contribution in [0.1, 0.15) is 27.7 Å². The van der Waals surface area contributed by atoms with Crippen molar-refractivity contribution in [1.82, 2.24) is 10.1 Å². The molecule has 1 N–H and O–H groups in total. The molecule has 0 saturated carbocycles. The van der Waals surface area contributed by atoms with E-state index in [0.717, 1.165) is 0 Å². The second-order valence-corrected chi connectivity index (χ2v) is 3.44. The molecule has 0 fully saturated rings. The number of aliphatic hydroxyl groups excluding tert-OH is 1. The molecular formula is C7H16N4O. The van der Waals surface area contributed by atoms with Crippen molar-refractivity contribution in [3.63, 3.8) is 0 Å². The molecule has 12 heavy (non-hydrogen) atoms. The van der Waals surface area contributed by atoms with Gasteiger partial charge in [-0.3, -0.25) is 0 Å². The van der Waals surface area contributed by atoms with Crippen molar-refractivity contribution >= 4 is 0 Å². The second-order valence-electron chi connectivity index (χ2n) is 3.44. The summed E-state index contributed by atoms with van der Waals surface area (Å²) in [6.45, 7) is 8.00. The van der Waals surface area contributed by atoms with Crippen LogP contribution in [-0.2, 0) is 0 Å². The molecule has 0 aromatic rings. The molecule has 5 nitrogen and oxygen atoms in total. The highest BCUT2D eigenvalue weighted by atomic mass is 16.3. The monoisotopic (exact) mass is 172 g/mol. The van der Waals surface area contributed by atoms with Crippen LogP contribution in [0.3, 0.4) is 0 Å². The van der Waals surface area contributed by atoms with E-state index in [0.29, 0.717) is 0 Å². The van der Waals surface area contributed by atoms with Gasteiger partial charge in [0.15, 0.2) is 0 Å². The third-order valence-corrected chi connectivity index (χ3v) is 1.71. The molecule has 1 aliphatic rings. The van der Waals surface area contributed by atoms with E-state index in [1.165, 1.54) is 0 Å². The summed E-state index contributed by atoms with van der Waals surface area (Å²) in [5.41, 5.74) is 0. The second kappa shape index (κ2) is 3.37.